The van der Waals surface area contributed by atoms with Crippen LogP contribution in [0.2, 0.25) is 0 Å². The first-order valence-electron chi connectivity index (χ1n) is 9.40. The quantitative estimate of drug-likeness (QED) is 0.422. The van der Waals surface area contributed by atoms with Gasteiger partial charge in [-0.05, 0) is 48.9 Å². The average molecular weight is 389 g/mol. The van der Waals surface area contributed by atoms with E-state index in [0.29, 0.717) is 18.2 Å². The third-order valence-corrected chi connectivity index (χ3v) is 5.00. The zero-order valence-corrected chi connectivity index (χ0v) is 17.3. The molecule has 1 unspecified atom stereocenters. The summed E-state index contributed by atoms with van der Waals surface area (Å²) in [5, 5.41) is 2.72. The highest BCUT2D eigenvalue weighted by Gasteiger charge is 2.38. The molecule has 1 atom stereocenters. The summed E-state index contributed by atoms with van der Waals surface area (Å²) in [6.45, 7) is 11.6. The second-order valence-electron chi connectivity index (χ2n) is 6.77. The number of rotatable bonds is 8. The van der Waals surface area contributed by atoms with Gasteiger partial charge in [-0.25, -0.2) is 0 Å². The van der Waals surface area contributed by atoms with E-state index >= 15 is 0 Å². The number of amides is 2. The summed E-state index contributed by atoms with van der Waals surface area (Å²) in [6, 6.07) is 7.65. The van der Waals surface area contributed by atoms with Crippen molar-refractivity contribution in [2.75, 3.05) is 31.1 Å². The van der Waals surface area contributed by atoms with Gasteiger partial charge in [0.2, 0.25) is 5.91 Å². The fraction of sp³-hybridized carbons (Fsp3) is 0.500. The van der Waals surface area contributed by atoms with Crippen molar-refractivity contribution in [2.24, 2.45) is 10.9 Å². The number of likely N-dealkylation sites (N-methyl/N-ethyl adjacent to an activating group) is 1. The first-order chi connectivity index (χ1) is 12.9. The Morgan fingerprint density at radius 1 is 1.22 bits per heavy atom. The lowest BCUT2D eigenvalue weighted by Crippen LogP contribution is -2.58. The Labute approximate surface area is 166 Å². The fourth-order valence-corrected chi connectivity index (χ4v) is 3.19. The first-order valence-corrected chi connectivity index (χ1v) is 9.80. The second kappa shape index (κ2) is 9.71. The molecule has 0 aliphatic carbocycles. The van der Waals surface area contributed by atoms with E-state index in [4.69, 9.17) is 12.2 Å². The highest BCUT2D eigenvalue weighted by molar-refractivity contribution is 7.80. The van der Waals surface area contributed by atoms with E-state index in [1.165, 1.54) is 16.7 Å². The molecule has 1 N–H and O–H groups in total. The average Bonchev–Trinajstić information content (AvgIpc) is 2.64. The van der Waals surface area contributed by atoms with Crippen molar-refractivity contribution in [3.8, 4) is 0 Å². The topological polar surface area (TPSA) is 65.0 Å². The molecule has 27 heavy (non-hydrogen) atoms. The van der Waals surface area contributed by atoms with E-state index in [2.05, 4.69) is 42.9 Å². The van der Waals surface area contributed by atoms with Gasteiger partial charge in [0, 0.05) is 12.8 Å². The number of nitrogens with one attached hydrogen (secondary N) is 1. The summed E-state index contributed by atoms with van der Waals surface area (Å²) in [5.41, 5.74) is 1.82. The number of aliphatic imine (C=N–C) groups is 1. The Morgan fingerprint density at radius 2 is 1.85 bits per heavy atom. The molecule has 1 aliphatic rings. The van der Waals surface area contributed by atoms with Crippen molar-refractivity contribution in [1.82, 2.24) is 10.2 Å². The summed E-state index contributed by atoms with van der Waals surface area (Å²) < 4.78 is 0. The zero-order chi connectivity index (χ0) is 20.0. The highest BCUT2D eigenvalue weighted by Crippen LogP contribution is 2.23. The molecule has 0 radical (unpaired) electrons. The maximum Gasteiger partial charge on any atom is 0.251 e. The lowest BCUT2D eigenvalue weighted by molar-refractivity contribution is -0.130. The predicted octanol–water partition coefficient (Wildman–Crippen LogP) is 2.59. The van der Waals surface area contributed by atoms with Gasteiger partial charge in [-0.15, -0.1) is 0 Å². The first kappa shape index (κ1) is 21.2. The molecule has 2 rings (SSSR count). The third-order valence-electron chi connectivity index (χ3n) is 4.71. The molecule has 0 bridgehead atoms. The van der Waals surface area contributed by atoms with Crippen LogP contribution in [0.15, 0.2) is 29.3 Å². The van der Waals surface area contributed by atoms with Gasteiger partial charge in [0.1, 0.15) is 0 Å². The Balaban J connectivity index is 2.12. The number of carbonyl (C=O) groups excluding carboxylic acids is 2. The molecule has 7 heteroatoms. The van der Waals surface area contributed by atoms with E-state index < -0.39 is 11.8 Å². The van der Waals surface area contributed by atoms with Crippen molar-refractivity contribution in [3.05, 3.63) is 29.8 Å². The molecule has 1 saturated heterocycles. The lowest BCUT2D eigenvalue weighted by Gasteiger charge is -2.31. The number of benzene rings is 1. The van der Waals surface area contributed by atoms with Crippen molar-refractivity contribution < 1.29 is 9.59 Å². The molecule has 1 aliphatic heterocycles. The van der Waals surface area contributed by atoms with Gasteiger partial charge in [0.05, 0.1) is 12.2 Å². The number of carbonyl (C=O) groups is 2. The Hall–Kier alpha value is -2.12. The van der Waals surface area contributed by atoms with Gasteiger partial charge < -0.3 is 10.2 Å². The summed E-state index contributed by atoms with van der Waals surface area (Å²) in [4.78, 5) is 33.0. The largest absolute Gasteiger partial charge is 0.302 e. The molecule has 0 spiro atoms. The summed E-state index contributed by atoms with van der Waals surface area (Å²) >= 11 is 5.22. The van der Waals surface area contributed by atoms with Gasteiger partial charge in [-0.3, -0.25) is 19.5 Å². The number of anilines is 1. The number of thiocarbonyl (C=S) groups is 1. The van der Waals surface area contributed by atoms with Crippen LogP contribution in [0.3, 0.4) is 0 Å². The maximum absolute atomic E-state index is 12.9. The predicted molar refractivity (Wildman–Crippen MR) is 113 cm³/mol. The maximum atomic E-state index is 12.9. The third kappa shape index (κ3) is 5.20. The van der Waals surface area contributed by atoms with Crippen molar-refractivity contribution in [3.63, 3.8) is 0 Å². The van der Waals surface area contributed by atoms with E-state index in [-0.39, 0.29) is 11.0 Å². The van der Waals surface area contributed by atoms with Gasteiger partial charge >= 0.3 is 0 Å². The highest BCUT2D eigenvalue weighted by atomic mass is 32.1. The van der Waals surface area contributed by atoms with Gasteiger partial charge in [0.15, 0.2) is 11.0 Å². The van der Waals surface area contributed by atoms with E-state index in [1.807, 2.05) is 24.3 Å². The van der Waals surface area contributed by atoms with Crippen LogP contribution in [-0.2, 0) is 9.59 Å². The van der Waals surface area contributed by atoms with Crippen LogP contribution >= 0.6 is 12.2 Å². The minimum Gasteiger partial charge on any atom is -0.302 e. The molecule has 1 heterocycles. The van der Waals surface area contributed by atoms with Crippen LogP contribution < -0.4 is 10.2 Å². The summed E-state index contributed by atoms with van der Waals surface area (Å²) in [5.74, 6) is -1.36. The SMILES string of the molecule is CCN(CC)CCN=CC1C(=O)NC(=S)N(c2ccc(C(C)C)cc2)C1=O. The van der Waals surface area contributed by atoms with Crippen LogP contribution in [0.5, 0.6) is 0 Å². The monoisotopic (exact) mass is 388 g/mol. The standard InChI is InChI=1S/C20H28N4O2S/c1-5-23(6-2)12-11-21-13-17-18(25)22-20(27)24(19(17)26)16-9-7-15(8-10-16)14(3)4/h7-10,13-14,17H,5-6,11-12H2,1-4H3,(H,22,25,27). The lowest BCUT2D eigenvalue weighted by atomic mass is 10.0. The number of hydrogen-bond donors (Lipinski definition) is 1. The van der Waals surface area contributed by atoms with E-state index in [0.717, 1.165) is 19.6 Å². The fourth-order valence-electron chi connectivity index (χ4n) is 2.89. The van der Waals surface area contributed by atoms with Crippen molar-refractivity contribution in [2.45, 2.75) is 33.6 Å². The molecule has 0 saturated carbocycles. The van der Waals surface area contributed by atoms with Gasteiger partial charge in [0.25, 0.3) is 5.91 Å². The van der Waals surface area contributed by atoms with E-state index in [9.17, 15) is 9.59 Å². The molecule has 1 aromatic carbocycles. The van der Waals surface area contributed by atoms with E-state index in [1.54, 1.807) is 0 Å². The minimum absolute atomic E-state index is 0.107. The second-order valence-corrected chi connectivity index (χ2v) is 7.16. The molecule has 0 aromatic heterocycles. The molecule has 1 fully saturated rings. The minimum atomic E-state index is -0.960. The van der Waals surface area contributed by atoms with Crippen LogP contribution in [0.1, 0.15) is 39.2 Å². The Morgan fingerprint density at radius 3 is 2.41 bits per heavy atom. The number of nitrogens with zero attached hydrogens (tertiary/aromatic N) is 3. The summed E-state index contributed by atoms with van der Waals surface area (Å²) in [6.07, 6.45) is 1.44. The van der Waals surface area contributed by atoms with Crippen molar-refractivity contribution >= 4 is 41.0 Å². The van der Waals surface area contributed by atoms with Gasteiger partial charge in [-0.1, -0.05) is 39.8 Å². The molecule has 1 aromatic rings. The Kier molecular flexibility index (Phi) is 7.62. The molecule has 6 nitrogen and oxygen atoms in total. The van der Waals surface area contributed by atoms with Crippen LogP contribution in [0.4, 0.5) is 5.69 Å². The Bertz CT molecular complexity index is 711. The van der Waals surface area contributed by atoms with Gasteiger partial charge in [-0.2, -0.15) is 0 Å². The normalized spacial score (nSPS) is 18.1. The molecular weight excluding hydrogens is 360 g/mol. The van der Waals surface area contributed by atoms with Crippen LogP contribution in [0, 0.1) is 5.92 Å². The smallest absolute Gasteiger partial charge is 0.251 e. The molecule has 2 amide bonds. The zero-order valence-electron chi connectivity index (χ0n) is 16.4. The molecule has 146 valence electrons. The number of hydrogen-bond acceptors (Lipinski definition) is 5. The summed E-state index contributed by atoms with van der Waals surface area (Å²) in [7, 11) is 0. The van der Waals surface area contributed by atoms with Crippen molar-refractivity contribution in [1.29, 1.82) is 0 Å². The van der Waals surface area contributed by atoms with Crippen LogP contribution in [0.25, 0.3) is 0 Å². The van der Waals surface area contributed by atoms with Crippen LogP contribution in [-0.4, -0.2) is 54.2 Å². The molecular formula is C20H28N4O2S.